The molecule has 1 aliphatic rings. The first-order valence-corrected chi connectivity index (χ1v) is 8.49. The van der Waals surface area contributed by atoms with Gasteiger partial charge in [-0.25, -0.2) is 15.0 Å². The van der Waals surface area contributed by atoms with Gasteiger partial charge in [-0.2, -0.15) is 4.39 Å². The summed E-state index contributed by atoms with van der Waals surface area (Å²) in [5, 5.41) is 3.33. The largest absolute Gasteiger partial charge is 0.491 e. The molecule has 0 spiro atoms. The van der Waals surface area contributed by atoms with E-state index in [2.05, 4.69) is 32.2 Å². The maximum Gasteiger partial charge on any atom is 0.212 e. The van der Waals surface area contributed by atoms with Crippen molar-refractivity contribution in [2.45, 2.75) is 19.3 Å². The van der Waals surface area contributed by atoms with E-state index >= 15 is 0 Å². The second-order valence-corrected chi connectivity index (χ2v) is 6.21. The number of anilines is 1. The van der Waals surface area contributed by atoms with Gasteiger partial charge < -0.3 is 10.1 Å². The van der Waals surface area contributed by atoms with Crippen LogP contribution in [-0.2, 0) is 6.42 Å². The lowest BCUT2D eigenvalue weighted by molar-refractivity contribution is 0.352. The van der Waals surface area contributed by atoms with Gasteiger partial charge in [0.05, 0.1) is 18.0 Å². The van der Waals surface area contributed by atoms with Gasteiger partial charge in [0, 0.05) is 48.5 Å². The highest BCUT2D eigenvalue weighted by atomic mass is 19.1. The molecule has 1 N–H and O–H groups in total. The van der Waals surface area contributed by atoms with Crippen LogP contribution >= 0.6 is 0 Å². The third kappa shape index (κ3) is 3.33. The minimum absolute atomic E-state index is 0.232. The maximum atomic E-state index is 13.0. The molecule has 132 valence electrons. The van der Waals surface area contributed by atoms with E-state index in [0.717, 1.165) is 29.0 Å². The molecule has 1 aliphatic heterocycles. The molecule has 0 fully saturated rings. The van der Waals surface area contributed by atoms with Crippen LogP contribution in [-0.4, -0.2) is 33.1 Å². The predicted octanol–water partition coefficient (Wildman–Crippen LogP) is 3.22. The van der Waals surface area contributed by atoms with Gasteiger partial charge in [0.2, 0.25) is 5.95 Å². The number of nitrogens with zero attached hydrogens (tertiary/aromatic N) is 4. The zero-order valence-corrected chi connectivity index (χ0v) is 14.3. The minimum atomic E-state index is -0.512. The quantitative estimate of drug-likeness (QED) is 0.712. The summed E-state index contributed by atoms with van der Waals surface area (Å²) in [5.41, 5.74) is 3.61. The Bertz CT molecular complexity index is 916. The van der Waals surface area contributed by atoms with E-state index in [9.17, 15) is 4.39 Å². The summed E-state index contributed by atoms with van der Waals surface area (Å²) in [6.45, 7) is 3.52. The zero-order valence-electron chi connectivity index (χ0n) is 14.3. The van der Waals surface area contributed by atoms with Crippen molar-refractivity contribution in [2.24, 2.45) is 0 Å². The molecule has 0 aliphatic carbocycles. The van der Waals surface area contributed by atoms with Crippen LogP contribution in [0.4, 0.5) is 10.2 Å². The van der Waals surface area contributed by atoms with E-state index in [0.29, 0.717) is 24.7 Å². The fraction of sp³-hybridized carbons (Fsp3) is 0.263. The number of ether oxygens (including phenoxy) is 1. The Balaban J connectivity index is 1.47. The third-order valence-electron chi connectivity index (χ3n) is 4.40. The van der Waals surface area contributed by atoms with Gasteiger partial charge in [0.15, 0.2) is 0 Å². The van der Waals surface area contributed by atoms with Gasteiger partial charge in [-0.1, -0.05) is 6.92 Å². The van der Waals surface area contributed by atoms with Crippen LogP contribution in [0.2, 0.25) is 0 Å². The van der Waals surface area contributed by atoms with E-state index < -0.39 is 5.95 Å². The molecule has 1 unspecified atom stereocenters. The predicted molar refractivity (Wildman–Crippen MR) is 95.6 cm³/mol. The first-order chi connectivity index (χ1) is 12.7. The Morgan fingerprint density at radius 1 is 1.19 bits per heavy atom. The molecule has 0 radical (unpaired) electrons. The molecule has 7 heteroatoms. The molecule has 3 aromatic heterocycles. The van der Waals surface area contributed by atoms with Gasteiger partial charge in [0.25, 0.3) is 0 Å². The first kappa shape index (κ1) is 16.4. The van der Waals surface area contributed by atoms with Crippen molar-refractivity contribution >= 4 is 5.82 Å². The van der Waals surface area contributed by atoms with Gasteiger partial charge >= 0.3 is 0 Å². The van der Waals surface area contributed by atoms with Gasteiger partial charge in [-0.05, 0) is 18.2 Å². The second kappa shape index (κ2) is 7.03. The minimum Gasteiger partial charge on any atom is -0.491 e. The normalized spacial score (nSPS) is 13.8. The highest BCUT2D eigenvalue weighted by molar-refractivity contribution is 5.61. The van der Waals surface area contributed by atoms with Crippen molar-refractivity contribution in [1.29, 1.82) is 0 Å². The van der Waals surface area contributed by atoms with Gasteiger partial charge in [-0.15, -0.1) is 0 Å². The third-order valence-corrected chi connectivity index (χ3v) is 4.40. The van der Waals surface area contributed by atoms with Gasteiger partial charge in [0.1, 0.15) is 17.9 Å². The number of halogens is 1. The molecule has 0 saturated carbocycles. The summed E-state index contributed by atoms with van der Waals surface area (Å²) in [7, 11) is 0. The van der Waals surface area contributed by atoms with Crippen LogP contribution < -0.4 is 10.1 Å². The molecule has 1 atom stereocenters. The Hall–Kier alpha value is -3.09. The van der Waals surface area contributed by atoms with Crippen molar-refractivity contribution in [3.63, 3.8) is 0 Å². The summed E-state index contributed by atoms with van der Waals surface area (Å²) in [6.07, 6.45) is 5.65. The number of fused-ring (bicyclic) bond motifs is 1. The molecule has 6 nitrogen and oxygen atoms in total. The molecule has 4 rings (SSSR count). The standard InChI is InChI=1S/C19H18FN5O/c1-12(14-4-6-21-15-5-7-26-19(14)15)9-23-18-8-16(24-11-25-18)13-2-3-17(20)22-10-13/h2-4,6,8,10-12H,5,7,9H2,1H3,(H,23,24,25). The van der Waals surface area contributed by atoms with E-state index in [4.69, 9.17) is 4.74 Å². The molecule has 4 heterocycles. The Morgan fingerprint density at radius 3 is 2.96 bits per heavy atom. The molecular weight excluding hydrogens is 333 g/mol. The molecule has 0 bridgehead atoms. The molecule has 0 saturated heterocycles. The molecular formula is C19H18FN5O. The summed E-state index contributed by atoms with van der Waals surface area (Å²) < 4.78 is 18.7. The van der Waals surface area contributed by atoms with E-state index in [1.807, 2.05) is 18.3 Å². The lowest BCUT2D eigenvalue weighted by Crippen LogP contribution is -2.12. The first-order valence-electron chi connectivity index (χ1n) is 8.49. The van der Waals surface area contributed by atoms with Crippen molar-refractivity contribution in [2.75, 3.05) is 18.5 Å². The fourth-order valence-electron chi connectivity index (χ4n) is 3.00. The highest BCUT2D eigenvalue weighted by Crippen LogP contribution is 2.32. The highest BCUT2D eigenvalue weighted by Gasteiger charge is 2.20. The van der Waals surface area contributed by atoms with E-state index in [1.165, 1.54) is 18.6 Å². The van der Waals surface area contributed by atoms with Crippen LogP contribution in [0, 0.1) is 5.95 Å². The summed E-state index contributed by atoms with van der Waals surface area (Å²) in [4.78, 5) is 16.5. The number of hydrogen-bond acceptors (Lipinski definition) is 6. The summed E-state index contributed by atoms with van der Waals surface area (Å²) in [6, 6.07) is 6.80. The van der Waals surface area contributed by atoms with Crippen molar-refractivity contribution in [3.05, 3.63) is 60.2 Å². The van der Waals surface area contributed by atoms with Crippen molar-refractivity contribution < 1.29 is 9.13 Å². The number of rotatable bonds is 5. The molecule has 0 aromatic carbocycles. The topological polar surface area (TPSA) is 72.8 Å². The van der Waals surface area contributed by atoms with Gasteiger partial charge in [-0.3, -0.25) is 4.98 Å². The van der Waals surface area contributed by atoms with E-state index in [-0.39, 0.29) is 5.92 Å². The fourth-order valence-corrected chi connectivity index (χ4v) is 3.00. The van der Waals surface area contributed by atoms with Crippen molar-refractivity contribution in [1.82, 2.24) is 19.9 Å². The number of nitrogens with one attached hydrogen (secondary N) is 1. The number of aromatic nitrogens is 4. The Kier molecular flexibility index (Phi) is 4.43. The average Bonchev–Trinajstić information content (AvgIpc) is 3.16. The zero-order chi connectivity index (χ0) is 17.9. The Labute approximate surface area is 150 Å². The van der Waals surface area contributed by atoms with Crippen LogP contribution in [0.15, 0.2) is 43.0 Å². The van der Waals surface area contributed by atoms with Crippen molar-refractivity contribution in [3.8, 4) is 17.0 Å². The monoisotopic (exact) mass is 351 g/mol. The SMILES string of the molecule is CC(CNc1cc(-c2ccc(F)nc2)ncn1)c1ccnc2c1OCC2. The average molecular weight is 351 g/mol. The maximum absolute atomic E-state index is 13.0. The Morgan fingerprint density at radius 2 is 2.12 bits per heavy atom. The summed E-state index contributed by atoms with van der Waals surface area (Å²) >= 11 is 0. The number of hydrogen-bond donors (Lipinski definition) is 1. The van der Waals surface area contributed by atoms with Crippen LogP contribution in [0.5, 0.6) is 5.75 Å². The van der Waals surface area contributed by atoms with Crippen LogP contribution in [0.1, 0.15) is 24.1 Å². The smallest absolute Gasteiger partial charge is 0.212 e. The molecule has 0 amide bonds. The van der Waals surface area contributed by atoms with Crippen LogP contribution in [0.3, 0.4) is 0 Å². The van der Waals surface area contributed by atoms with Crippen LogP contribution in [0.25, 0.3) is 11.3 Å². The number of pyridine rings is 2. The molecule has 3 aromatic rings. The summed E-state index contributed by atoms with van der Waals surface area (Å²) in [5.74, 6) is 1.35. The second-order valence-electron chi connectivity index (χ2n) is 6.21. The lowest BCUT2D eigenvalue weighted by Gasteiger charge is -2.16. The van der Waals surface area contributed by atoms with E-state index in [1.54, 1.807) is 6.07 Å². The lowest BCUT2D eigenvalue weighted by atomic mass is 10.00. The molecule has 26 heavy (non-hydrogen) atoms.